The SMILES string of the molecule is CC(N)CC(=O)NC1CCCc2occc21. The minimum absolute atomic E-state index is 0.0223. The third-order valence-corrected chi connectivity index (χ3v) is 2.89. The minimum atomic E-state index is -0.0904. The Morgan fingerprint density at radius 3 is 3.31 bits per heavy atom. The highest BCUT2D eigenvalue weighted by atomic mass is 16.3. The van der Waals surface area contributed by atoms with Gasteiger partial charge in [-0.2, -0.15) is 0 Å². The van der Waals surface area contributed by atoms with Gasteiger partial charge in [0.1, 0.15) is 5.76 Å². The summed E-state index contributed by atoms with van der Waals surface area (Å²) in [6, 6.07) is 1.96. The van der Waals surface area contributed by atoms with E-state index in [1.165, 1.54) is 0 Å². The van der Waals surface area contributed by atoms with Crippen LogP contribution in [0, 0.1) is 0 Å². The van der Waals surface area contributed by atoms with E-state index in [9.17, 15) is 4.79 Å². The van der Waals surface area contributed by atoms with Crippen LogP contribution in [0.1, 0.15) is 43.6 Å². The number of furan rings is 1. The maximum atomic E-state index is 11.6. The van der Waals surface area contributed by atoms with Crippen molar-refractivity contribution < 1.29 is 9.21 Å². The van der Waals surface area contributed by atoms with Crippen molar-refractivity contribution in [1.82, 2.24) is 5.32 Å². The number of carbonyl (C=O) groups excluding carboxylic acids is 1. The maximum absolute atomic E-state index is 11.6. The van der Waals surface area contributed by atoms with Gasteiger partial charge in [0.25, 0.3) is 0 Å². The summed E-state index contributed by atoms with van der Waals surface area (Å²) in [5, 5.41) is 3.01. The topological polar surface area (TPSA) is 68.3 Å². The standard InChI is InChI=1S/C12H18N2O2/c1-8(13)7-12(15)14-10-3-2-4-11-9(10)5-6-16-11/h5-6,8,10H,2-4,7,13H2,1H3,(H,14,15). The molecule has 0 aromatic carbocycles. The van der Waals surface area contributed by atoms with Gasteiger partial charge in [-0.05, 0) is 25.8 Å². The van der Waals surface area contributed by atoms with E-state index >= 15 is 0 Å². The highest BCUT2D eigenvalue weighted by Crippen LogP contribution is 2.30. The number of amides is 1. The van der Waals surface area contributed by atoms with Crippen molar-refractivity contribution in [2.45, 2.75) is 44.7 Å². The maximum Gasteiger partial charge on any atom is 0.222 e. The fourth-order valence-corrected chi connectivity index (χ4v) is 2.18. The molecular weight excluding hydrogens is 204 g/mol. The van der Waals surface area contributed by atoms with E-state index in [1.54, 1.807) is 6.26 Å². The highest BCUT2D eigenvalue weighted by molar-refractivity contribution is 5.77. The molecule has 2 atom stereocenters. The Labute approximate surface area is 95.2 Å². The van der Waals surface area contributed by atoms with Crippen molar-refractivity contribution in [2.24, 2.45) is 5.73 Å². The predicted octanol–water partition coefficient (Wildman–Crippen LogP) is 1.51. The molecule has 0 bridgehead atoms. The lowest BCUT2D eigenvalue weighted by Gasteiger charge is -2.23. The molecule has 1 aliphatic rings. The first-order chi connectivity index (χ1) is 7.66. The number of aryl methyl sites for hydroxylation is 1. The van der Waals surface area contributed by atoms with Gasteiger partial charge in [0.2, 0.25) is 5.91 Å². The fraction of sp³-hybridized carbons (Fsp3) is 0.583. The smallest absolute Gasteiger partial charge is 0.222 e. The van der Waals surface area contributed by atoms with E-state index in [4.69, 9.17) is 10.2 Å². The van der Waals surface area contributed by atoms with Crippen LogP contribution < -0.4 is 11.1 Å². The third-order valence-electron chi connectivity index (χ3n) is 2.89. The summed E-state index contributed by atoms with van der Waals surface area (Å²) in [4.78, 5) is 11.6. The second kappa shape index (κ2) is 4.70. The number of hydrogen-bond donors (Lipinski definition) is 2. The van der Waals surface area contributed by atoms with Crippen molar-refractivity contribution in [3.8, 4) is 0 Å². The predicted molar refractivity (Wildman–Crippen MR) is 60.8 cm³/mol. The largest absolute Gasteiger partial charge is 0.469 e. The molecule has 4 nitrogen and oxygen atoms in total. The molecule has 1 heterocycles. The zero-order valence-electron chi connectivity index (χ0n) is 9.53. The van der Waals surface area contributed by atoms with Crippen molar-refractivity contribution in [3.05, 3.63) is 23.7 Å². The summed E-state index contributed by atoms with van der Waals surface area (Å²) in [5.74, 6) is 1.03. The zero-order chi connectivity index (χ0) is 11.5. The molecule has 0 radical (unpaired) electrons. The Kier molecular flexibility index (Phi) is 3.29. The number of nitrogens with two attached hydrogens (primary N) is 1. The normalized spacial score (nSPS) is 21.2. The average Bonchev–Trinajstić information content (AvgIpc) is 2.65. The van der Waals surface area contributed by atoms with Crippen molar-refractivity contribution in [3.63, 3.8) is 0 Å². The van der Waals surface area contributed by atoms with Crippen LogP contribution in [0.3, 0.4) is 0 Å². The molecule has 1 aromatic rings. The fourth-order valence-electron chi connectivity index (χ4n) is 2.18. The van der Waals surface area contributed by atoms with Gasteiger partial charge in [-0.1, -0.05) is 0 Å². The summed E-state index contributed by atoms with van der Waals surface area (Å²) in [7, 11) is 0. The number of rotatable bonds is 3. The number of nitrogens with one attached hydrogen (secondary N) is 1. The summed E-state index contributed by atoms with van der Waals surface area (Å²) in [5.41, 5.74) is 6.72. The van der Waals surface area contributed by atoms with Gasteiger partial charge in [0.05, 0.1) is 12.3 Å². The Balaban J connectivity index is 2.00. The molecular formula is C12H18N2O2. The van der Waals surface area contributed by atoms with Gasteiger partial charge in [0.15, 0.2) is 0 Å². The number of carbonyl (C=O) groups is 1. The molecule has 2 unspecified atom stereocenters. The molecule has 2 rings (SSSR count). The number of fused-ring (bicyclic) bond motifs is 1. The monoisotopic (exact) mass is 222 g/mol. The Bertz CT molecular complexity index is 371. The van der Waals surface area contributed by atoms with Crippen LogP contribution in [-0.2, 0) is 11.2 Å². The van der Waals surface area contributed by atoms with E-state index in [-0.39, 0.29) is 18.0 Å². The molecule has 3 N–H and O–H groups in total. The summed E-state index contributed by atoms with van der Waals surface area (Å²) >= 11 is 0. The highest BCUT2D eigenvalue weighted by Gasteiger charge is 2.23. The molecule has 0 fully saturated rings. The lowest BCUT2D eigenvalue weighted by atomic mass is 9.93. The quantitative estimate of drug-likeness (QED) is 0.814. The van der Waals surface area contributed by atoms with E-state index in [2.05, 4.69) is 5.32 Å². The van der Waals surface area contributed by atoms with Gasteiger partial charge < -0.3 is 15.5 Å². The molecule has 0 spiro atoms. The second-order valence-corrected chi connectivity index (χ2v) is 4.49. The third kappa shape index (κ3) is 2.44. The van der Waals surface area contributed by atoms with Crippen LogP contribution in [-0.4, -0.2) is 11.9 Å². The van der Waals surface area contributed by atoms with Crippen LogP contribution in [0.2, 0.25) is 0 Å². The zero-order valence-corrected chi connectivity index (χ0v) is 9.53. The molecule has 0 saturated carbocycles. The molecule has 16 heavy (non-hydrogen) atoms. The molecule has 0 saturated heterocycles. The van der Waals surface area contributed by atoms with Gasteiger partial charge in [-0.3, -0.25) is 4.79 Å². The van der Waals surface area contributed by atoms with Crippen molar-refractivity contribution in [1.29, 1.82) is 0 Å². The van der Waals surface area contributed by atoms with E-state index < -0.39 is 0 Å². The van der Waals surface area contributed by atoms with E-state index in [1.807, 2.05) is 13.0 Å². The van der Waals surface area contributed by atoms with Crippen molar-refractivity contribution >= 4 is 5.91 Å². The van der Waals surface area contributed by atoms with Crippen molar-refractivity contribution in [2.75, 3.05) is 0 Å². The summed E-state index contributed by atoms with van der Waals surface area (Å²) < 4.78 is 5.37. The summed E-state index contributed by atoms with van der Waals surface area (Å²) in [6.07, 6.45) is 5.09. The van der Waals surface area contributed by atoms with Gasteiger partial charge >= 0.3 is 0 Å². The molecule has 1 aromatic heterocycles. The second-order valence-electron chi connectivity index (χ2n) is 4.49. The molecule has 0 aliphatic heterocycles. The first-order valence-corrected chi connectivity index (χ1v) is 5.78. The van der Waals surface area contributed by atoms with E-state index in [0.717, 1.165) is 30.6 Å². The molecule has 4 heteroatoms. The first kappa shape index (κ1) is 11.2. The van der Waals surface area contributed by atoms with Gasteiger partial charge in [-0.25, -0.2) is 0 Å². The molecule has 88 valence electrons. The number of hydrogen-bond acceptors (Lipinski definition) is 3. The van der Waals surface area contributed by atoms with Crippen LogP contribution in [0.15, 0.2) is 16.7 Å². The van der Waals surface area contributed by atoms with Crippen LogP contribution in [0.25, 0.3) is 0 Å². The van der Waals surface area contributed by atoms with Crippen LogP contribution in [0.5, 0.6) is 0 Å². The Morgan fingerprint density at radius 1 is 1.75 bits per heavy atom. The van der Waals surface area contributed by atoms with Gasteiger partial charge in [0, 0.05) is 24.4 Å². The minimum Gasteiger partial charge on any atom is -0.469 e. The van der Waals surface area contributed by atoms with E-state index in [0.29, 0.717) is 6.42 Å². The van der Waals surface area contributed by atoms with Crippen LogP contribution >= 0.6 is 0 Å². The average molecular weight is 222 g/mol. The first-order valence-electron chi connectivity index (χ1n) is 5.78. The Hall–Kier alpha value is -1.29. The lowest BCUT2D eigenvalue weighted by Crippen LogP contribution is -2.34. The molecule has 1 amide bonds. The van der Waals surface area contributed by atoms with Crippen LogP contribution in [0.4, 0.5) is 0 Å². The lowest BCUT2D eigenvalue weighted by molar-refractivity contribution is -0.122. The Morgan fingerprint density at radius 2 is 2.56 bits per heavy atom. The molecule has 1 aliphatic carbocycles. The summed E-state index contributed by atoms with van der Waals surface area (Å²) in [6.45, 7) is 1.84. The van der Waals surface area contributed by atoms with Gasteiger partial charge in [-0.15, -0.1) is 0 Å².